The van der Waals surface area contributed by atoms with Gasteiger partial charge in [-0.25, -0.2) is 4.39 Å². The summed E-state index contributed by atoms with van der Waals surface area (Å²) in [6.07, 6.45) is 0. The van der Waals surface area contributed by atoms with Crippen molar-refractivity contribution in [1.82, 2.24) is 0 Å². The average Bonchev–Trinajstić information content (AvgIpc) is 2.01. The second-order valence-electron chi connectivity index (χ2n) is 2.40. The molecule has 0 aliphatic heterocycles. The molecule has 0 amide bonds. The molecule has 0 aromatic heterocycles. The van der Waals surface area contributed by atoms with Crippen molar-refractivity contribution in [2.75, 3.05) is 5.73 Å². The molecule has 1 aromatic carbocycles. The monoisotopic (exact) mass is 155 g/mol. The molecule has 0 heterocycles. The minimum Gasteiger partial charge on any atom is -0.396 e. The van der Waals surface area contributed by atoms with E-state index in [0.717, 1.165) is 0 Å². The molecule has 0 atom stereocenters. The zero-order valence-corrected chi connectivity index (χ0v) is 6.26. The van der Waals surface area contributed by atoms with Gasteiger partial charge in [-0.05, 0) is 24.1 Å². The first-order valence-electron chi connectivity index (χ1n) is 3.31. The van der Waals surface area contributed by atoms with Crippen molar-refractivity contribution in [3.8, 4) is 0 Å². The lowest BCUT2D eigenvalue weighted by atomic mass is 10.1. The SMILES string of the molecule is Cc1c(CO)ccc(F)c1N. The first kappa shape index (κ1) is 8.01. The molecule has 0 bridgehead atoms. The van der Waals surface area contributed by atoms with E-state index in [1.165, 1.54) is 12.1 Å². The predicted molar refractivity (Wildman–Crippen MR) is 41.5 cm³/mol. The third kappa shape index (κ3) is 1.33. The number of rotatable bonds is 1. The molecule has 3 heteroatoms. The molecule has 2 nitrogen and oxygen atoms in total. The standard InChI is InChI=1S/C8H10FNO/c1-5-6(4-11)2-3-7(9)8(5)10/h2-3,11H,4,10H2,1H3. The van der Waals surface area contributed by atoms with E-state index in [9.17, 15) is 4.39 Å². The molecule has 0 fully saturated rings. The Morgan fingerprint density at radius 2 is 2.18 bits per heavy atom. The summed E-state index contributed by atoms with van der Waals surface area (Å²) in [6, 6.07) is 2.79. The lowest BCUT2D eigenvalue weighted by Gasteiger charge is -2.05. The minimum atomic E-state index is -0.431. The molecule has 60 valence electrons. The van der Waals surface area contributed by atoms with E-state index in [1.54, 1.807) is 6.92 Å². The summed E-state index contributed by atoms with van der Waals surface area (Å²) in [5, 5.41) is 8.76. The summed E-state index contributed by atoms with van der Waals surface area (Å²) < 4.78 is 12.7. The lowest BCUT2D eigenvalue weighted by molar-refractivity contribution is 0.281. The van der Waals surface area contributed by atoms with Crippen LogP contribution in [-0.2, 0) is 6.61 Å². The summed E-state index contributed by atoms with van der Waals surface area (Å²) in [5.74, 6) is -0.431. The zero-order chi connectivity index (χ0) is 8.43. The first-order valence-corrected chi connectivity index (χ1v) is 3.31. The molecule has 0 saturated carbocycles. The number of anilines is 1. The van der Waals surface area contributed by atoms with Gasteiger partial charge in [-0.15, -0.1) is 0 Å². The van der Waals surface area contributed by atoms with Crippen LogP contribution in [0.2, 0.25) is 0 Å². The molecule has 0 spiro atoms. The molecule has 3 N–H and O–H groups in total. The number of nitrogens with two attached hydrogens (primary N) is 1. The quantitative estimate of drug-likeness (QED) is 0.599. The first-order chi connectivity index (χ1) is 5.16. The number of hydrogen-bond donors (Lipinski definition) is 2. The van der Waals surface area contributed by atoms with Gasteiger partial charge in [-0.1, -0.05) is 6.07 Å². The van der Waals surface area contributed by atoms with E-state index in [1.807, 2.05) is 0 Å². The van der Waals surface area contributed by atoms with Crippen molar-refractivity contribution in [3.63, 3.8) is 0 Å². The van der Waals surface area contributed by atoms with Gasteiger partial charge in [-0.2, -0.15) is 0 Å². The molecular formula is C8H10FNO. The fraction of sp³-hybridized carbons (Fsp3) is 0.250. The number of halogens is 1. The third-order valence-corrected chi connectivity index (χ3v) is 1.74. The van der Waals surface area contributed by atoms with Gasteiger partial charge in [-0.3, -0.25) is 0 Å². The molecule has 0 radical (unpaired) electrons. The zero-order valence-electron chi connectivity index (χ0n) is 6.26. The van der Waals surface area contributed by atoms with E-state index in [4.69, 9.17) is 10.8 Å². The van der Waals surface area contributed by atoms with Crippen LogP contribution < -0.4 is 5.73 Å². The fourth-order valence-corrected chi connectivity index (χ4v) is 0.912. The van der Waals surface area contributed by atoms with Crippen LogP contribution in [0.3, 0.4) is 0 Å². The molecule has 1 aromatic rings. The second kappa shape index (κ2) is 2.88. The Kier molecular flexibility index (Phi) is 2.10. The molecule has 0 aliphatic rings. The molecule has 1 rings (SSSR count). The molecule has 11 heavy (non-hydrogen) atoms. The number of hydrogen-bond acceptors (Lipinski definition) is 2. The number of aliphatic hydroxyl groups excluding tert-OH is 1. The fourth-order valence-electron chi connectivity index (χ4n) is 0.912. The van der Waals surface area contributed by atoms with Crippen LogP contribution in [0.5, 0.6) is 0 Å². The van der Waals surface area contributed by atoms with Crippen LogP contribution in [0.25, 0.3) is 0 Å². The van der Waals surface area contributed by atoms with Crippen LogP contribution in [0.15, 0.2) is 12.1 Å². The van der Waals surface area contributed by atoms with Crippen molar-refractivity contribution < 1.29 is 9.50 Å². The molecular weight excluding hydrogens is 145 g/mol. The molecule has 0 aliphatic carbocycles. The third-order valence-electron chi connectivity index (χ3n) is 1.74. The maximum absolute atomic E-state index is 12.7. The van der Waals surface area contributed by atoms with Gasteiger partial charge in [0.1, 0.15) is 5.82 Å². The summed E-state index contributed by atoms with van der Waals surface area (Å²) in [4.78, 5) is 0. The van der Waals surface area contributed by atoms with Crippen molar-refractivity contribution in [1.29, 1.82) is 0 Å². The van der Waals surface area contributed by atoms with E-state index >= 15 is 0 Å². The molecule has 0 saturated heterocycles. The Balaban J connectivity index is 3.25. The van der Waals surface area contributed by atoms with Crippen molar-refractivity contribution in [3.05, 3.63) is 29.1 Å². The van der Waals surface area contributed by atoms with Gasteiger partial charge in [0, 0.05) is 0 Å². The maximum Gasteiger partial charge on any atom is 0.146 e. The van der Waals surface area contributed by atoms with E-state index < -0.39 is 5.82 Å². The van der Waals surface area contributed by atoms with Crippen LogP contribution in [0, 0.1) is 12.7 Å². The minimum absolute atomic E-state index is 0.101. The predicted octanol–water partition coefficient (Wildman–Crippen LogP) is 1.21. The number of benzene rings is 1. The van der Waals surface area contributed by atoms with E-state index in [2.05, 4.69) is 0 Å². The van der Waals surface area contributed by atoms with Crippen LogP contribution in [-0.4, -0.2) is 5.11 Å². The number of nitrogen functional groups attached to an aromatic ring is 1. The number of aliphatic hydroxyl groups is 1. The largest absolute Gasteiger partial charge is 0.396 e. The normalized spacial score (nSPS) is 10.1. The Morgan fingerprint density at radius 3 is 2.73 bits per heavy atom. The van der Waals surface area contributed by atoms with E-state index in [0.29, 0.717) is 11.1 Å². The van der Waals surface area contributed by atoms with Crippen LogP contribution in [0.4, 0.5) is 10.1 Å². The Labute approximate surface area is 64.5 Å². The highest BCUT2D eigenvalue weighted by Crippen LogP contribution is 2.19. The van der Waals surface area contributed by atoms with Crippen LogP contribution >= 0.6 is 0 Å². The summed E-state index contributed by atoms with van der Waals surface area (Å²) >= 11 is 0. The van der Waals surface area contributed by atoms with Gasteiger partial charge in [0.15, 0.2) is 0 Å². The summed E-state index contributed by atoms with van der Waals surface area (Å²) in [7, 11) is 0. The topological polar surface area (TPSA) is 46.2 Å². The highest BCUT2D eigenvalue weighted by Gasteiger charge is 2.04. The maximum atomic E-state index is 12.7. The summed E-state index contributed by atoms with van der Waals surface area (Å²) in [6.45, 7) is 1.58. The van der Waals surface area contributed by atoms with Gasteiger partial charge in [0.05, 0.1) is 12.3 Å². The average molecular weight is 155 g/mol. The van der Waals surface area contributed by atoms with E-state index in [-0.39, 0.29) is 12.3 Å². The Hall–Kier alpha value is -1.09. The Bertz CT molecular complexity index is 273. The molecule has 0 unspecified atom stereocenters. The van der Waals surface area contributed by atoms with Gasteiger partial charge in [0.2, 0.25) is 0 Å². The van der Waals surface area contributed by atoms with Crippen molar-refractivity contribution in [2.24, 2.45) is 0 Å². The van der Waals surface area contributed by atoms with Crippen molar-refractivity contribution >= 4 is 5.69 Å². The highest BCUT2D eigenvalue weighted by atomic mass is 19.1. The van der Waals surface area contributed by atoms with Gasteiger partial charge < -0.3 is 10.8 Å². The highest BCUT2D eigenvalue weighted by molar-refractivity contribution is 5.51. The summed E-state index contributed by atoms with van der Waals surface area (Å²) in [5.41, 5.74) is 6.78. The van der Waals surface area contributed by atoms with Crippen LogP contribution in [0.1, 0.15) is 11.1 Å². The second-order valence-corrected chi connectivity index (χ2v) is 2.40. The van der Waals surface area contributed by atoms with Gasteiger partial charge >= 0.3 is 0 Å². The smallest absolute Gasteiger partial charge is 0.146 e. The van der Waals surface area contributed by atoms with Gasteiger partial charge in [0.25, 0.3) is 0 Å². The van der Waals surface area contributed by atoms with Crippen molar-refractivity contribution in [2.45, 2.75) is 13.5 Å². The lowest BCUT2D eigenvalue weighted by Crippen LogP contribution is -1.98. The Morgan fingerprint density at radius 1 is 1.55 bits per heavy atom.